The van der Waals surface area contributed by atoms with Crippen molar-refractivity contribution in [2.75, 3.05) is 18.5 Å². The summed E-state index contributed by atoms with van der Waals surface area (Å²) in [6.45, 7) is 2.52. The number of rotatable bonds is 3. The van der Waals surface area contributed by atoms with Crippen LogP contribution in [-0.4, -0.2) is 24.0 Å². The van der Waals surface area contributed by atoms with Crippen LogP contribution >= 0.6 is 15.9 Å². The molecule has 0 saturated heterocycles. The van der Waals surface area contributed by atoms with Crippen molar-refractivity contribution in [3.05, 3.63) is 56.0 Å². The lowest BCUT2D eigenvalue weighted by Gasteiger charge is -2.20. The molecular weight excluding hydrogens is 380 g/mol. The minimum Gasteiger partial charge on any atom is -0.486 e. The number of benzene rings is 2. The average molecular weight is 393 g/mol. The molecule has 1 N–H and O–H groups in total. The third-order valence-corrected chi connectivity index (χ3v) is 4.19. The number of nitrogens with one attached hydrogen (secondary N) is 1. The second-order valence-corrected chi connectivity index (χ2v) is 6.04. The Morgan fingerprint density at radius 2 is 1.88 bits per heavy atom. The number of halogens is 1. The second-order valence-electron chi connectivity index (χ2n) is 5.19. The zero-order chi connectivity index (χ0) is 17.3. The van der Waals surface area contributed by atoms with Crippen molar-refractivity contribution in [3.63, 3.8) is 0 Å². The third-order valence-electron chi connectivity index (χ3n) is 3.54. The first kappa shape index (κ1) is 16.3. The summed E-state index contributed by atoms with van der Waals surface area (Å²) >= 11 is 3.38. The molecule has 0 spiro atoms. The average Bonchev–Trinajstić information content (AvgIpc) is 2.55. The highest BCUT2D eigenvalue weighted by Crippen LogP contribution is 2.38. The van der Waals surface area contributed by atoms with Gasteiger partial charge in [0.15, 0.2) is 11.5 Å². The van der Waals surface area contributed by atoms with E-state index < -0.39 is 4.92 Å². The van der Waals surface area contributed by atoms with E-state index in [0.29, 0.717) is 46.0 Å². The first-order chi connectivity index (χ1) is 11.5. The summed E-state index contributed by atoms with van der Waals surface area (Å²) in [5, 5.41) is 13.6. The lowest BCUT2D eigenvalue weighted by Crippen LogP contribution is -2.17. The van der Waals surface area contributed by atoms with Crippen molar-refractivity contribution >= 4 is 33.2 Å². The number of anilines is 1. The molecule has 1 amide bonds. The van der Waals surface area contributed by atoms with Crippen LogP contribution in [0.5, 0.6) is 11.5 Å². The summed E-state index contributed by atoms with van der Waals surface area (Å²) < 4.78 is 11.6. The van der Waals surface area contributed by atoms with Crippen LogP contribution in [-0.2, 0) is 0 Å². The predicted octanol–water partition coefficient (Wildman–Crippen LogP) is 3.69. The lowest BCUT2D eigenvalue weighted by molar-refractivity contribution is -0.385. The number of nitrogens with zero attached hydrogens (tertiary/aromatic N) is 1. The molecule has 124 valence electrons. The number of carbonyl (C=O) groups excluding carboxylic acids is 1. The maximum absolute atomic E-state index is 12.4. The van der Waals surface area contributed by atoms with E-state index in [9.17, 15) is 14.9 Å². The molecule has 1 aliphatic heterocycles. The van der Waals surface area contributed by atoms with E-state index in [0.717, 1.165) is 0 Å². The number of carbonyl (C=O) groups is 1. The van der Waals surface area contributed by atoms with Crippen molar-refractivity contribution in [1.29, 1.82) is 0 Å². The highest BCUT2D eigenvalue weighted by molar-refractivity contribution is 9.10. The van der Waals surface area contributed by atoms with E-state index in [2.05, 4.69) is 21.2 Å². The maximum Gasteiger partial charge on any atom is 0.272 e. The Hall–Kier alpha value is -2.61. The van der Waals surface area contributed by atoms with Gasteiger partial charge < -0.3 is 14.8 Å². The number of nitro benzene ring substituents is 1. The molecule has 2 aromatic rings. The van der Waals surface area contributed by atoms with Crippen LogP contribution in [0.25, 0.3) is 0 Å². The van der Waals surface area contributed by atoms with Gasteiger partial charge in [-0.1, -0.05) is 0 Å². The Morgan fingerprint density at radius 3 is 2.50 bits per heavy atom. The van der Waals surface area contributed by atoms with E-state index in [1.54, 1.807) is 19.1 Å². The van der Waals surface area contributed by atoms with Crippen molar-refractivity contribution in [3.8, 4) is 11.5 Å². The number of ether oxygens (including phenoxy) is 2. The van der Waals surface area contributed by atoms with Crippen LogP contribution in [0.4, 0.5) is 11.4 Å². The standard InChI is InChI=1S/C16H13BrN2O5/c1-9-6-10(2-3-13(9)19(21)22)16(20)18-12-8-15-14(7-11(12)17)23-4-5-24-15/h2-3,6-8H,4-5H2,1H3,(H,18,20). The van der Waals surface area contributed by atoms with Crippen LogP contribution in [0.2, 0.25) is 0 Å². The molecule has 1 heterocycles. The quantitative estimate of drug-likeness (QED) is 0.635. The van der Waals surface area contributed by atoms with E-state index in [1.165, 1.54) is 18.2 Å². The summed E-state index contributed by atoms with van der Waals surface area (Å²) in [6, 6.07) is 7.63. The fraction of sp³-hybridized carbons (Fsp3) is 0.188. The van der Waals surface area contributed by atoms with Gasteiger partial charge in [-0.3, -0.25) is 14.9 Å². The van der Waals surface area contributed by atoms with Gasteiger partial charge in [0.25, 0.3) is 11.6 Å². The van der Waals surface area contributed by atoms with Crippen molar-refractivity contribution in [2.45, 2.75) is 6.92 Å². The maximum atomic E-state index is 12.4. The van der Waals surface area contributed by atoms with Gasteiger partial charge in [-0.25, -0.2) is 0 Å². The summed E-state index contributed by atoms with van der Waals surface area (Å²) in [5.41, 5.74) is 1.26. The fourth-order valence-corrected chi connectivity index (χ4v) is 2.78. The molecule has 1 aliphatic rings. The van der Waals surface area contributed by atoms with Crippen LogP contribution in [0, 0.1) is 17.0 Å². The van der Waals surface area contributed by atoms with Crippen LogP contribution in [0.1, 0.15) is 15.9 Å². The monoisotopic (exact) mass is 392 g/mol. The summed E-state index contributed by atoms with van der Waals surface area (Å²) in [6.07, 6.45) is 0. The highest BCUT2D eigenvalue weighted by Gasteiger charge is 2.18. The Balaban J connectivity index is 1.85. The molecule has 0 fully saturated rings. The summed E-state index contributed by atoms with van der Waals surface area (Å²) in [5.74, 6) is 0.794. The highest BCUT2D eigenvalue weighted by atomic mass is 79.9. The SMILES string of the molecule is Cc1cc(C(=O)Nc2cc3c(cc2Br)OCCO3)ccc1[N+](=O)[O-]. The number of nitro groups is 1. The third kappa shape index (κ3) is 3.18. The normalized spacial score (nSPS) is 12.6. The Bertz CT molecular complexity index is 837. The van der Waals surface area contributed by atoms with Gasteiger partial charge in [0.05, 0.1) is 10.6 Å². The van der Waals surface area contributed by atoms with Crippen LogP contribution < -0.4 is 14.8 Å². The zero-order valence-corrected chi connectivity index (χ0v) is 14.3. The molecule has 0 atom stereocenters. The smallest absolute Gasteiger partial charge is 0.272 e. The lowest BCUT2D eigenvalue weighted by atomic mass is 10.1. The molecule has 3 rings (SSSR count). The molecular formula is C16H13BrN2O5. The van der Waals surface area contributed by atoms with Gasteiger partial charge >= 0.3 is 0 Å². The number of aryl methyl sites for hydroxylation is 1. The predicted molar refractivity (Wildman–Crippen MR) is 90.9 cm³/mol. The number of hydrogen-bond acceptors (Lipinski definition) is 5. The Labute approximate surface area is 145 Å². The van der Waals surface area contributed by atoms with Gasteiger partial charge in [-0.15, -0.1) is 0 Å². The van der Waals surface area contributed by atoms with Gasteiger partial charge in [-0.05, 0) is 35.0 Å². The molecule has 0 aliphatic carbocycles. The van der Waals surface area contributed by atoms with Crippen molar-refractivity contribution in [2.24, 2.45) is 0 Å². The minimum atomic E-state index is -0.478. The fourth-order valence-electron chi connectivity index (χ4n) is 2.36. The number of fused-ring (bicyclic) bond motifs is 1. The topological polar surface area (TPSA) is 90.7 Å². The molecule has 7 nitrogen and oxygen atoms in total. The van der Waals surface area contributed by atoms with E-state index in [1.807, 2.05) is 0 Å². The minimum absolute atomic E-state index is 0.0212. The number of hydrogen-bond donors (Lipinski definition) is 1. The first-order valence-electron chi connectivity index (χ1n) is 7.11. The molecule has 8 heteroatoms. The van der Waals surface area contributed by atoms with Crippen LogP contribution in [0.15, 0.2) is 34.8 Å². The molecule has 2 aromatic carbocycles. The van der Waals surface area contributed by atoms with E-state index in [-0.39, 0.29) is 11.6 Å². The van der Waals surface area contributed by atoms with Crippen molar-refractivity contribution < 1.29 is 19.2 Å². The molecule has 0 radical (unpaired) electrons. The second kappa shape index (κ2) is 6.48. The van der Waals surface area contributed by atoms with Gasteiger partial charge in [-0.2, -0.15) is 0 Å². The number of amides is 1. The molecule has 24 heavy (non-hydrogen) atoms. The molecule has 0 aromatic heterocycles. The van der Waals surface area contributed by atoms with Gasteiger partial charge in [0.1, 0.15) is 13.2 Å². The molecule has 0 unspecified atom stereocenters. The van der Waals surface area contributed by atoms with E-state index in [4.69, 9.17) is 9.47 Å². The summed E-state index contributed by atoms with van der Waals surface area (Å²) in [4.78, 5) is 22.8. The van der Waals surface area contributed by atoms with E-state index >= 15 is 0 Å². The first-order valence-corrected chi connectivity index (χ1v) is 7.90. The van der Waals surface area contributed by atoms with Crippen molar-refractivity contribution in [1.82, 2.24) is 0 Å². The molecule has 0 saturated carbocycles. The zero-order valence-electron chi connectivity index (χ0n) is 12.7. The Kier molecular flexibility index (Phi) is 4.39. The Morgan fingerprint density at radius 1 is 1.21 bits per heavy atom. The largest absolute Gasteiger partial charge is 0.486 e. The van der Waals surface area contributed by atoms with Gasteiger partial charge in [0, 0.05) is 33.8 Å². The molecule has 0 bridgehead atoms. The van der Waals surface area contributed by atoms with Gasteiger partial charge in [0.2, 0.25) is 0 Å². The summed E-state index contributed by atoms with van der Waals surface area (Å²) in [7, 11) is 0. The van der Waals surface area contributed by atoms with Crippen LogP contribution in [0.3, 0.4) is 0 Å².